The number of carbonyl (C=O) groups excluding carboxylic acids is 3. The molecule has 2 aromatic carbocycles. The Morgan fingerprint density at radius 2 is 1.87 bits per heavy atom. The maximum absolute atomic E-state index is 12.9. The fourth-order valence-corrected chi connectivity index (χ4v) is 2.79. The highest BCUT2D eigenvalue weighted by Crippen LogP contribution is 2.28. The van der Waals surface area contributed by atoms with Gasteiger partial charge in [-0.25, -0.2) is 9.18 Å². The molecular formula is C22H16FNO7. The standard InChI is InChI=1S/C22H16FNO7/c23-14-2-4-15(5-3-14)28-10-16-6-8-20(31-16)22(27)30-11-18(25)13-1-7-19-17(9-13)24-21(26)12-29-19/h1-9H,10-12H2,(H,24,26). The predicted octanol–water partition coefficient (Wildman–Crippen LogP) is 3.37. The van der Waals surface area contributed by atoms with Gasteiger partial charge in [-0.2, -0.15) is 0 Å². The lowest BCUT2D eigenvalue weighted by Gasteiger charge is -2.18. The van der Waals surface area contributed by atoms with Crippen LogP contribution in [0.3, 0.4) is 0 Å². The van der Waals surface area contributed by atoms with E-state index in [-0.39, 0.29) is 36.3 Å². The molecule has 31 heavy (non-hydrogen) atoms. The quantitative estimate of drug-likeness (QED) is 0.457. The molecule has 0 radical (unpaired) electrons. The molecule has 1 N–H and O–H groups in total. The molecule has 1 aliphatic heterocycles. The van der Waals surface area contributed by atoms with E-state index in [2.05, 4.69) is 5.32 Å². The molecule has 2 heterocycles. The first-order valence-electron chi connectivity index (χ1n) is 9.22. The van der Waals surface area contributed by atoms with Crippen LogP contribution in [0.15, 0.2) is 59.0 Å². The monoisotopic (exact) mass is 425 g/mol. The zero-order valence-electron chi connectivity index (χ0n) is 16.1. The van der Waals surface area contributed by atoms with E-state index in [1.807, 2.05) is 0 Å². The molecule has 4 rings (SSSR count). The Kier molecular flexibility index (Phi) is 5.65. The second kappa shape index (κ2) is 8.70. The molecule has 0 atom stereocenters. The number of carbonyl (C=O) groups is 3. The molecular weight excluding hydrogens is 409 g/mol. The van der Waals surface area contributed by atoms with Crippen LogP contribution in [0.4, 0.5) is 10.1 Å². The van der Waals surface area contributed by atoms with Crippen LogP contribution in [0.5, 0.6) is 11.5 Å². The fraction of sp³-hybridized carbons (Fsp3) is 0.136. The number of Topliss-reactive ketones (excluding diaryl/α,β-unsaturated/α-hetero) is 1. The number of nitrogens with one attached hydrogen (secondary N) is 1. The molecule has 8 nitrogen and oxygen atoms in total. The predicted molar refractivity (Wildman–Crippen MR) is 105 cm³/mol. The van der Waals surface area contributed by atoms with Crippen LogP contribution in [0.2, 0.25) is 0 Å². The van der Waals surface area contributed by atoms with Crippen molar-refractivity contribution in [2.24, 2.45) is 0 Å². The molecule has 3 aromatic rings. The van der Waals surface area contributed by atoms with Gasteiger partial charge in [0.15, 0.2) is 19.0 Å². The van der Waals surface area contributed by atoms with E-state index in [9.17, 15) is 18.8 Å². The van der Waals surface area contributed by atoms with Crippen molar-refractivity contribution < 1.29 is 37.4 Å². The van der Waals surface area contributed by atoms with Crippen LogP contribution in [0.25, 0.3) is 0 Å². The van der Waals surface area contributed by atoms with Gasteiger partial charge in [0, 0.05) is 5.56 Å². The maximum Gasteiger partial charge on any atom is 0.374 e. The molecule has 0 saturated heterocycles. The first-order valence-corrected chi connectivity index (χ1v) is 9.22. The van der Waals surface area contributed by atoms with Gasteiger partial charge in [-0.05, 0) is 54.6 Å². The summed E-state index contributed by atoms with van der Waals surface area (Å²) in [6, 6.07) is 12.9. The number of hydrogen-bond acceptors (Lipinski definition) is 7. The van der Waals surface area contributed by atoms with Crippen molar-refractivity contribution in [1.29, 1.82) is 0 Å². The Morgan fingerprint density at radius 3 is 2.68 bits per heavy atom. The maximum atomic E-state index is 12.9. The molecule has 0 fully saturated rings. The number of anilines is 1. The third-order valence-corrected chi connectivity index (χ3v) is 4.33. The van der Waals surface area contributed by atoms with Crippen LogP contribution in [-0.2, 0) is 16.1 Å². The van der Waals surface area contributed by atoms with Gasteiger partial charge < -0.3 is 23.9 Å². The number of ketones is 1. The second-order valence-electron chi connectivity index (χ2n) is 6.56. The SMILES string of the molecule is O=C1COc2ccc(C(=O)COC(=O)c3ccc(COc4ccc(F)cc4)o3)cc2N1. The lowest BCUT2D eigenvalue weighted by Crippen LogP contribution is -2.25. The van der Waals surface area contributed by atoms with Crippen molar-refractivity contribution in [3.8, 4) is 11.5 Å². The Bertz CT molecular complexity index is 1140. The van der Waals surface area contributed by atoms with Gasteiger partial charge in [0.1, 0.15) is 29.7 Å². The number of esters is 1. The fourth-order valence-electron chi connectivity index (χ4n) is 2.79. The molecule has 9 heteroatoms. The Hall–Kier alpha value is -4.14. The van der Waals surface area contributed by atoms with E-state index in [1.54, 1.807) is 6.07 Å². The van der Waals surface area contributed by atoms with Crippen LogP contribution in [-0.4, -0.2) is 30.9 Å². The van der Waals surface area contributed by atoms with Crippen molar-refractivity contribution in [3.63, 3.8) is 0 Å². The van der Waals surface area contributed by atoms with E-state index in [4.69, 9.17) is 18.6 Å². The minimum atomic E-state index is -0.809. The summed E-state index contributed by atoms with van der Waals surface area (Å²) in [5.74, 6) is -0.791. The normalized spacial score (nSPS) is 12.4. The number of halogens is 1. The molecule has 0 aliphatic carbocycles. The third-order valence-electron chi connectivity index (χ3n) is 4.33. The van der Waals surface area contributed by atoms with Crippen LogP contribution < -0.4 is 14.8 Å². The third kappa shape index (κ3) is 4.89. The lowest BCUT2D eigenvalue weighted by atomic mass is 10.1. The minimum absolute atomic E-state index is 0.0285. The number of furan rings is 1. The summed E-state index contributed by atoms with van der Waals surface area (Å²) in [5.41, 5.74) is 0.635. The van der Waals surface area contributed by atoms with Crippen LogP contribution in [0, 0.1) is 5.82 Å². The van der Waals surface area contributed by atoms with Crippen molar-refractivity contribution in [1.82, 2.24) is 0 Å². The molecule has 1 amide bonds. The molecule has 158 valence electrons. The van der Waals surface area contributed by atoms with E-state index < -0.39 is 18.4 Å². The summed E-state index contributed by atoms with van der Waals surface area (Å²) in [6.07, 6.45) is 0. The van der Waals surface area contributed by atoms with Crippen molar-refractivity contribution in [3.05, 3.63) is 77.5 Å². The summed E-state index contributed by atoms with van der Waals surface area (Å²) in [4.78, 5) is 35.9. The van der Waals surface area contributed by atoms with E-state index in [0.29, 0.717) is 22.9 Å². The van der Waals surface area contributed by atoms with Gasteiger partial charge >= 0.3 is 5.97 Å². The number of amides is 1. The van der Waals surface area contributed by atoms with Crippen molar-refractivity contribution in [2.45, 2.75) is 6.61 Å². The zero-order chi connectivity index (χ0) is 21.8. The summed E-state index contributed by atoms with van der Waals surface area (Å²) >= 11 is 0. The highest BCUT2D eigenvalue weighted by molar-refractivity contribution is 6.02. The number of fused-ring (bicyclic) bond motifs is 1. The topological polar surface area (TPSA) is 104 Å². The lowest BCUT2D eigenvalue weighted by molar-refractivity contribution is -0.118. The smallest absolute Gasteiger partial charge is 0.374 e. The minimum Gasteiger partial charge on any atom is -0.486 e. The van der Waals surface area contributed by atoms with E-state index in [1.165, 1.54) is 48.5 Å². The average molecular weight is 425 g/mol. The summed E-state index contributed by atoms with van der Waals surface area (Å²) in [6.45, 7) is -0.562. The van der Waals surface area contributed by atoms with Crippen molar-refractivity contribution >= 4 is 23.3 Å². The highest BCUT2D eigenvalue weighted by Gasteiger charge is 2.20. The van der Waals surface area contributed by atoms with Gasteiger partial charge in [-0.1, -0.05) is 0 Å². The molecule has 0 spiro atoms. The van der Waals surface area contributed by atoms with Crippen molar-refractivity contribution in [2.75, 3.05) is 18.5 Å². The molecule has 1 aliphatic rings. The van der Waals surface area contributed by atoms with Crippen LogP contribution in [0.1, 0.15) is 26.7 Å². The first kappa shape index (κ1) is 20.1. The molecule has 0 saturated carbocycles. The summed E-state index contributed by atoms with van der Waals surface area (Å²) in [7, 11) is 0. The van der Waals surface area contributed by atoms with Gasteiger partial charge in [-0.3, -0.25) is 9.59 Å². The average Bonchev–Trinajstić information content (AvgIpc) is 3.25. The number of hydrogen-bond donors (Lipinski definition) is 1. The molecule has 0 unspecified atom stereocenters. The summed E-state index contributed by atoms with van der Waals surface area (Å²) in [5, 5.41) is 2.61. The molecule has 0 bridgehead atoms. The van der Waals surface area contributed by atoms with Gasteiger partial charge in [0.2, 0.25) is 5.76 Å². The first-order chi connectivity index (χ1) is 15.0. The van der Waals surface area contributed by atoms with Gasteiger partial charge in [0.05, 0.1) is 5.69 Å². The number of benzene rings is 2. The zero-order valence-corrected chi connectivity index (χ0v) is 16.1. The van der Waals surface area contributed by atoms with Crippen LogP contribution >= 0.6 is 0 Å². The highest BCUT2D eigenvalue weighted by atomic mass is 19.1. The second-order valence-corrected chi connectivity index (χ2v) is 6.56. The Balaban J connectivity index is 1.30. The number of ether oxygens (including phenoxy) is 3. The van der Waals surface area contributed by atoms with E-state index >= 15 is 0 Å². The summed E-state index contributed by atoms with van der Waals surface area (Å²) < 4.78 is 34.0. The Morgan fingerprint density at radius 1 is 1.06 bits per heavy atom. The largest absolute Gasteiger partial charge is 0.486 e. The Labute approximate surface area is 175 Å². The number of rotatable bonds is 7. The molecule has 1 aromatic heterocycles. The van der Waals surface area contributed by atoms with E-state index in [0.717, 1.165) is 0 Å². The van der Waals surface area contributed by atoms with Gasteiger partial charge in [0.25, 0.3) is 5.91 Å². The van der Waals surface area contributed by atoms with Gasteiger partial charge in [-0.15, -0.1) is 0 Å².